The van der Waals surface area contributed by atoms with Crippen molar-refractivity contribution in [3.63, 3.8) is 0 Å². The van der Waals surface area contributed by atoms with Crippen molar-refractivity contribution in [2.75, 3.05) is 46.5 Å². The minimum absolute atomic E-state index is 0.0233. The summed E-state index contributed by atoms with van der Waals surface area (Å²) in [6.45, 7) is 5.48. The normalized spacial score (nSPS) is 14.9. The molecule has 1 amide bonds. The van der Waals surface area contributed by atoms with Gasteiger partial charge in [0, 0.05) is 67.2 Å². The molecular weight excluding hydrogens is 498 g/mol. The van der Waals surface area contributed by atoms with Crippen molar-refractivity contribution < 1.29 is 14.3 Å². The fraction of sp³-hybridized carbons (Fsp3) is 0.323. The molecule has 0 aliphatic carbocycles. The first-order valence-electron chi connectivity index (χ1n) is 13.1. The molecule has 0 radical (unpaired) electrons. The third-order valence-corrected chi connectivity index (χ3v) is 7.58. The lowest BCUT2D eigenvalue weighted by molar-refractivity contribution is -0.121. The first-order valence-corrected chi connectivity index (χ1v) is 13.5. The number of hydrogen-bond acceptors (Lipinski definition) is 4. The van der Waals surface area contributed by atoms with Crippen molar-refractivity contribution in [1.29, 1.82) is 0 Å². The van der Waals surface area contributed by atoms with Crippen LogP contribution in [0.25, 0.3) is 10.9 Å². The summed E-state index contributed by atoms with van der Waals surface area (Å²) in [6, 6.07) is 24.4. The van der Waals surface area contributed by atoms with Crippen molar-refractivity contribution in [1.82, 2.24) is 14.8 Å². The monoisotopic (exact) mass is 531 g/mol. The van der Waals surface area contributed by atoms with Crippen LogP contribution < -0.4 is 10.1 Å². The lowest BCUT2D eigenvalue weighted by atomic mass is 9.88. The van der Waals surface area contributed by atoms with Crippen LogP contribution in [0.15, 0.2) is 79.0 Å². The summed E-state index contributed by atoms with van der Waals surface area (Å²) in [7, 11) is 1.67. The Morgan fingerprint density at radius 3 is 2.50 bits per heavy atom. The average Bonchev–Trinajstić information content (AvgIpc) is 3.31. The Labute approximate surface area is 229 Å². The van der Waals surface area contributed by atoms with Crippen LogP contribution in [0.3, 0.4) is 0 Å². The summed E-state index contributed by atoms with van der Waals surface area (Å²) in [5, 5.41) is 4.95. The minimum Gasteiger partial charge on any atom is -0.497 e. The van der Waals surface area contributed by atoms with Gasteiger partial charge in [-0.2, -0.15) is 0 Å². The van der Waals surface area contributed by atoms with Gasteiger partial charge in [0.15, 0.2) is 0 Å². The predicted molar refractivity (Wildman–Crippen MR) is 152 cm³/mol. The van der Waals surface area contributed by atoms with Crippen molar-refractivity contribution in [2.24, 2.45) is 0 Å². The molecular formula is C31H34ClN3O3. The van der Waals surface area contributed by atoms with Crippen molar-refractivity contribution in [2.45, 2.75) is 18.9 Å². The molecule has 6 nitrogen and oxygen atoms in total. The van der Waals surface area contributed by atoms with Crippen LogP contribution in [0, 0.1) is 0 Å². The summed E-state index contributed by atoms with van der Waals surface area (Å²) in [5.41, 5.74) is 4.37. The lowest BCUT2D eigenvalue weighted by Gasteiger charge is -2.26. The maximum Gasteiger partial charge on any atom is 0.220 e. The maximum absolute atomic E-state index is 13.2. The van der Waals surface area contributed by atoms with Gasteiger partial charge in [-0.05, 0) is 41.0 Å². The highest BCUT2D eigenvalue weighted by atomic mass is 35.5. The van der Waals surface area contributed by atoms with Crippen molar-refractivity contribution >= 4 is 28.4 Å². The number of hydrogen-bond donors (Lipinski definition) is 1. The van der Waals surface area contributed by atoms with E-state index in [0.29, 0.717) is 24.5 Å². The highest BCUT2D eigenvalue weighted by Gasteiger charge is 2.24. The Bertz CT molecular complexity index is 1360. The molecule has 1 atom stereocenters. The second-order valence-corrected chi connectivity index (χ2v) is 10.1. The molecule has 0 bridgehead atoms. The molecule has 1 fully saturated rings. The molecule has 0 saturated carbocycles. The third-order valence-electron chi connectivity index (χ3n) is 7.23. The first kappa shape index (κ1) is 26.3. The van der Waals surface area contributed by atoms with E-state index in [2.05, 4.69) is 57.4 Å². The van der Waals surface area contributed by atoms with Gasteiger partial charge in [-0.15, -0.1) is 0 Å². The zero-order valence-electron chi connectivity index (χ0n) is 21.7. The van der Waals surface area contributed by atoms with E-state index in [-0.39, 0.29) is 11.8 Å². The Hall–Kier alpha value is -3.32. The molecule has 3 aromatic carbocycles. The highest BCUT2D eigenvalue weighted by molar-refractivity contribution is 6.31. The Balaban J connectivity index is 1.42. The standard InChI is InChI=1S/C31H34ClN3O3/c1-37-24-12-10-23(11-13-24)21-35-22-28(26-7-3-5-9-30(26)35)27(25-6-2-4-8-29(25)32)20-31(36)33-14-15-34-16-18-38-19-17-34/h2-13,22,27H,14-21H2,1H3,(H,33,36)/t27-/m0/s1. The number of fused-ring (bicyclic) bond motifs is 1. The van der Waals surface area contributed by atoms with E-state index in [4.69, 9.17) is 21.1 Å². The molecule has 38 heavy (non-hydrogen) atoms. The summed E-state index contributed by atoms with van der Waals surface area (Å²) in [4.78, 5) is 15.6. The Kier molecular flexibility index (Phi) is 8.64. The molecule has 1 N–H and O–H groups in total. The molecule has 1 aliphatic rings. The number of carbonyl (C=O) groups excluding carboxylic acids is 1. The topological polar surface area (TPSA) is 55.7 Å². The summed E-state index contributed by atoms with van der Waals surface area (Å²) in [6.07, 6.45) is 2.51. The summed E-state index contributed by atoms with van der Waals surface area (Å²) < 4.78 is 13.0. The Morgan fingerprint density at radius 2 is 1.74 bits per heavy atom. The Morgan fingerprint density at radius 1 is 1.00 bits per heavy atom. The van der Waals surface area contributed by atoms with Gasteiger partial charge in [-0.3, -0.25) is 9.69 Å². The quantitative estimate of drug-likeness (QED) is 0.301. The summed E-state index contributed by atoms with van der Waals surface area (Å²) >= 11 is 6.71. The molecule has 198 valence electrons. The third kappa shape index (κ3) is 6.21. The fourth-order valence-corrected chi connectivity index (χ4v) is 5.46. The van der Waals surface area contributed by atoms with Crippen LogP contribution in [0.1, 0.15) is 29.0 Å². The van der Waals surface area contributed by atoms with Crippen LogP contribution in [0.5, 0.6) is 5.75 Å². The number of amides is 1. The molecule has 1 saturated heterocycles. The smallest absolute Gasteiger partial charge is 0.220 e. The van der Waals surface area contributed by atoms with Crippen molar-refractivity contribution in [3.8, 4) is 5.75 Å². The zero-order chi connectivity index (χ0) is 26.3. The molecule has 2 heterocycles. The van der Waals surface area contributed by atoms with E-state index in [9.17, 15) is 4.79 Å². The van der Waals surface area contributed by atoms with E-state index >= 15 is 0 Å². The largest absolute Gasteiger partial charge is 0.497 e. The fourth-order valence-electron chi connectivity index (χ4n) is 5.19. The number of benzene rings is 3. The summed E-state index contributed by atoms with van der Waals surface area (Å²) in [5.74, 6) is 0.689. The van der Waals surface area contributed by atoms with E-state index in [1.807, 2.05) is 36.4 Å². The lowest BCUT2D eigenvalue weighted by Crippen LogP contribution is -2.41. The van der Waals surface area contributed by atoms with E-state index < -0.39 is 0 Å². The number of nitrogens with zero attached hydrogens (tertiary/aromatic N) is 2. The van der Waals surface area contributed by atoms with Crippen LogP contribution in [0.4, 0.5) is 0 Å². The van der Waals surface area contributed by atoms with Crippen LogP contribution in [-0.2, 0) is 16.1 Å². The van der Waals surface area contributed by atoms with Gasteiger partial charge >= 0.3 is 0 Å². The second kappa shape index (κ2) is 12.5. The number of nitrogens with one attached hydrogen (secondary N) is 1. The van der Waals surface area contributed by atoms with Crippen LogP contribution >= 0.6 is 11.6 Å². The molecule has 0 unspecified atom stereocenters. The van der Waals surface area contributed by atoms with Gasteiger partial charge in [-0.1, -0.05) is 60.1 Å². The van der Waals surface area contributed by atoms with E-state index in [0.717, 1.165) is 60.6 Å². The zero-order valence-corrected chi connectivity index (χ0v) is 22.5. The number of methoxy groups -OCH3 is 1. The van der Waals surface area contributed by atoms with Crippen molar-refractivity contribution in [3.05, 3.63) is 101 Å². The van der Waals surface area contributed by atoms with Gasteiger partial charge in [0.2, 0.25) is 5.91 Å². The molecule has 1 aliphatic heterocycles. The number of para-hydroxylation sites is 1. The second-order valence-electron chi connectivity index (χ2n) is 9.66. The van der Waals surface area contributed by atoms with Gasteiger partial charge in [0.05, 0.1) is 20.3 Å². The van der Waals surface area contributed by atoms with Crippen LogP contribution in [0.2, 0.25) is 5.02 Å². The highest BCUT2D eigenvalue weighted by Crippen LogP contribution is 2.38. The number of halogens is 1. The first-order chi connectivity index (χ1) is 18.6. The number of carbonyl (C=O) groups is 1. The number of rotatable bonds is 10. The molecule has 4 aromatic rings. The van der Waals surface area contributed by atoms with E-state index in [1.165, 1.54) is 5.56 Å². The maximum atomic E-state index is 13.2. The van der Waals surface area contributed by atoms with Gasteiger partial charge in [0.25, 0.3) is 0 Å². The number of ether oxygens (including phenoxy) is 2. The molecule has 7 heteroatoms. The average molecular weight is 532 g/mol. The van der Waals surface area contributed by atoms with Gasteiger partial charge in [-0.25, -0.2) is 0 Å². The predicted octanol–water partition coefficient (Wildman–Crippen LogP) is 5.32. The molecule has 5 rings (SSSR count). The SMILES string of the molecule is COc1ccc(Cn2cc([C@@H](CC(=O)NCCN3CCOCC3)c3ccccc3Cl)c3ccccc32)cc1. The number of morpholine rings is 1. The van der Waals surface area contributed by atoms with E-state index in [1.54, 1.807) is 7.11 Å². The molecule has 1 aromatic heterocycles. The van der Waals surface area contributed by atoms with Crippen LogP contribution in [-0.4, -0.2) is 61.9 Å². The van der Waals surface area contributed by atoms with Gasteiger partial charge in [0.1, 0.15) is 5.75 Å². The molecule has 0 spiro atoms. The van der Waals surface area contributed by atoms with Gasteiger partial charge < -0.3 is 19.4 Å². The minimum atomic E-state index is -0.172. The number of aromatic nitrogens is 1.